The Morgan fingerprint density at radius 3 is 1.45 bits per heavy atom. The van der Waals surface area contributed by atoms with Gasteiger partial charge in [0.2, 0.25) is 0 Å². The van der Waals surface area contributed by atoms with Crippen LogP contribution >= 0.6 is 7.92 Å². The minimum absolute atomic E-state index is 0.0232. The van der Waals surface area contributed by atoms with E-state index in [9.17, 15) is 5.11 Å². The Labute approximate surface area is 197 Å². The highest BCUT2D eigenvalue weighted by molar-refractivity contribution is 7.80. The second-order valence-electron chi connectivity index (χ2n) is 8.54. The average molecular weight is 470 g/mol. The van der Waals surface area contributed by atoms with Gasteiger partial charge in [0.15, 0.2) is 0 Å². The van der Waals surface area contributed by atoms with Crippen LogP contribution in [0.3, 0.4) is 0 Å². The van der Waals surface area contributed by atoms with Gasteiger partial charge in [-0.05, 0) is 47.4 Å². The molecule has 3 aromatic rings. The summed E-state index contributed by atoms with van der Waals surface area (Å²) in [6.45, 7) is 6.33. The van der Waals surface area contributed by atoms with Crippen LogP contribution in [0.15, 0.2) is 48.5 Å². The molecule has 3 rings (SSSR count). The van der Waals surface area contributed by atoms with Crippen LogP contribution in [0, 0.1) is 0 Å². The van der Waals surface area contributed by atoms with Crippen LogP contribution in [0.25, 0.3) is 0 Å². The van der Waals surface area contributed by atoms with Crippen LogP contribution in [0.4, 0.5) is 5.69 Å². The highest BCUT2D eigenvalue weighted by Crippen LogP contribution is 2.48. The molecule has 176 valence electrons. The number of phenolic OH excluding ortho intramolecular Hbond substituents is 1. The van der Waals surface area contributed by atoms with Crippen molar-refractivity contribution in [2.45, 2.75) is 26.2 Å². The van der Waals surface area contributed by atoms with E-state index in [0.29, 0.717) is 34.0 Å². The molecule has 0 aliphatic heterocycles. The maximum atomic E-state index is 11.3. The molecule has 0 fully saturated rings. The lowest BCUT2D eigenvalue weighted by atomic mass is 9.87. The molecule has 3 aromatic carbocycles. The summed E-state index contributed by atoms with van der Waals surface area (Å²) in [6.07, 6.45) is 0. The molecule has 0 unspecified atom stereocenters. The fraction of sp³-hybridized carbons (Fsp3) is 0.308. The number of aromatic hydroxyl groups is 1. The lowest BCUT2D eigenvalue weighted by molar-refractivity contribution is 0.399. The van der Waals surface area contributed by atoms with Crippen molar-refractivity contribution in [3.8, 4) is 28.7 Å². The van der Waals surface area contributed by atoms with E-state index in [-0.39, 0.29) is 11.2 Å². The molecule has 0 amide bonds. The van der Waals surface area contributed by atoms with Crippen molar-refractivity contribution in [3.63, 3.8) is 0 Å². The number of ether oxygens (including phenoxy) is 4. The van der Waals surface area contributed by atoms with Crippen molar-refractivity contribution in [2.75, 3.05) is 34.2 Å². The number of rotatable bonds is 7. The largest absolute Gasteiger partial charge is 0.505 e. The van der Waals surface area contributed by atoms with Gasteiger partial charge in [-0.2, -0.15) is 0 Å². The summed E-state index contributed by atoms with van der Waals surface area (Å²) in [7, 11) is 4.98. The highest BCUT2D eigenvalue weighted by atomic mass is 31.1. The number of methoxy groups -OCH3 is 4. The van der Waals surface area contributed by atoms with Crippen molar-refractivity contribution in [1.29, 1.82) is 0 Å². The van der Waals surface area contributed by atoms with Crippen LogP contribution in [-0.2, 0) is 5.41 Å². The molecule has 7 heteroatoms. The molecule has 0 heterocycles. The number of hydrogen-bond donors (Lipinski definition) is 2. The molecule has 0 saturated carbocycles. The number of phenols is 1. The van der Waals surface area contributed by atoms with E-state index in [2.05, 4.69) is 20.8 Å². The second-order valence-corrected chi connectivity index (χ2v) is 10.6. The number of benzene rings is 3. The summed E-state index contributed by atoms with van der Waals surface area (Å²) < 4.78 is 23.1. The minimum Gasteiger partial charge on any atom is -0.505 e. The van der Waals surface area contributed by atoms with E-state index in [1.807, 2.05) is 48.5 Å². The SMILES string of the molecule is COc1cccc(OC)c1P(c1cc(C(C)(C)C)cc(N)c1O)c1c(OC)cccc1OC. The van der Waals surface area contributed by atoms with Gasteiger partial charge in [0.1, 0.15) is 28.7 Å². The van der Waals surface area contributed by atoms with Gasteiger partial charge in [-0.15, -0.1) is 0 Å². The first-order chi connectivity index (χ1) is 15.7. The normalized spacial score (nSPS) is 11.4. The molecule has 0 bridgehead atoms. The first kappa shape index (κ1) is 24.5. The van der Waals surface area contributed by atoms with Crippen LogP contribution in [-0.4, -0.2) is 33.5 Å². The zero-order valence-electron chi connectivity index (χ0n) is 20.2. The van der Waals surface area contributed by atoms with Crippen LogP contribution < -0.4 is 40.6 Å². The number of hydrogen-bond acceptors (Lipinski definition) is 6. The molecule has 0 spiro atoms. The lowest BCUT2D eigenvalue weighted by Gasteiger charge is -2.29. The topological polar surface area (TPSA) is 83.2 Å². The third-order valence-electron chi connectivity index (χ3n) is 5.48. The van der Waals surface area contributed by atoms with Crippen molar-refractivity contribution in [2.24, 2.45) is 0 Å². The van der Waals surface area contributed by atoms with Gasteiger partial charge in [0.25, 0.3) is 0 Å². The minimum atomic E-state index is -1.48. The highest BCUT2D eigenvalue weighted by Gasteiger charge is 2.33. The van der Waals surface area contributed by atoms with Crippen molar-refractivity contribution < 1.29 is 24.1 Å². The van der Waals surface area contributed by atoms with E-state index in [0.717, 1.165) is 16.2 Å². The van der Waals surface area contributed by atoms with Crippen LogP contribution in [0.2, 0.25) is 0 Å². The summed E-state index contributed by atoms with van der Waals surface area (Å²) >= 11 is 0. The number of anilines is 1. The summed E-state index contributed by atoms with van der Waals surface area (Å²) in [5, 5.41) is 13.5. The molecule has 3 N–H and O–H groups in total. The summed E-state index contributed by atoms with van der Waals surface area (Å²) in [5.41, 5.74) is 7.46. The Morgan fingerprint density at radius 2 is 1.12 bits per heavy atom. The van der Waals surface area contributed by atoms with Crippen LogP contribution in [0.5, 0.6) is 28.7 Å². The Kier molecular flexibility index (Phi) is 7.28. The summed E-state index contributed by atoms with van der Waals surface area (Å²) in [6, 6.07) is 15.1. The van der Waals surface area contributed by atoms with Gasteiger partial charge in [0, 0.05) is 13.2 Å². The fourth-order valence-electron chi connectivity index (χ4n) is 3.70. The number of nitrogens with two attached hydrogens (primary N) is 1. The molecule has 0 atom stereocenters. The smallest absolute Gasteiger partial charge is 0.146 e. The van der Waals surface area contributed by atoms with Gasteiger partial charge in [-0.25, -0.2) is 0 Å². The Bertz CT molecular complexity index is 1040. The fourth-order valence-corrected chi connectivity index (χ4v) is 6.56. The predicted octanol–water partition coefficient (Wildman–Crippen LogP) is 4.06. The Balaban J connectivity index is 2.52. The quantitative estimate of drug-likeness (QED) is 0.309. The molecule has 6 nitrogen and oxygen atoms in total. The first-order valence-corrected chi connectivity index (χ1v) is 11.9. The van der Waals surface area contributed by atoms with E-state index in [1.165, 1.54) is 0 Å². The average Bonchev–Trinajstić information content (AvgIpc) is 2.80. The predicted molar refractivity (Wildman–Crippen MR) is 136 cm³/mol. The Hall–Kier alpha value is -3.11. The van der Waals surface area contributed by atoms with E-state index < -0.39 is 7.92 Å². The van der Waals surface area contributed by atoms with Crippen molar-refractivity contribution >= 4 is 29.5 Å². The van der Waals surface area contributed by atoms with Crippen molar-refractivity contribution in [3.05, 3.63) is 54.1 Å². The molecule has 0 radical (unpaired) electrons. The maximum absolute atomic E-state index is 11.3. The molecular formula is C26H32NO5P. The lowest BCUT2D eigenvalue weighted by Crippen LogP contribution is -2.27. The van der Waals surface area contributed by atoms with E-state index in [4.69, 9.17) is 24.7 Å². The third kappa shape index (κ3) is 4.67. The summed E-state index contributed by atoms with van der Waals surface area (Å²) in [4.78, 5) is 0. The van der Waals surface area contributed by atoms with E-state index in [1.54, 1.807) is 28.4 Å². The summed E-state index contributed by atoms with van der Waals surface area (Å²) in [5.74, 6) is 2.55. The zero-order chi connectivity index (χ0) is 24.3. The molecule has 0 aliphatic carbocycles. The van der Waals surface area contributed by atoms with Crippen LogP contribution in [0.1, 0.15) is 26.3 Å². The third-order valence-corrected chi connectivity index (χ3v) is 8.08. The van der Waals surface area contributed by atoms with E-state index >= 15 is 0 Å². The molecule has 0 aromatic heterocycles. The van der Waals surface area contributed by atoms with Gasteiger partial charge in [-0.1, -0.05) is 32.9 Å². The molecular weight excluding hydrogens is 437 g/mol. The molecule has 33 heavy (non-hydrogen) atoms. The zero-order valence-corrected chi connectivity index (χ0v) is 21.1. The monoisotopic (exact) mass is 469 g/mol. The molecule has 0 aliphatic rings. The van der Waals surface area contributed by atoms with Crippen molar-refractivity contribution in [1.82, 2.24) is 0 Å². The van der Waals surface area contributed by atoms with Gasteiger partial charge >= 0.3 is 0 Å². The first-order valence-electron chi connectivity index (χ1n) is 10.5. The second kappa shape index (κ2) is 9.80. The standard InChI is InChI=1S/C26H32NO5P/c1-26(2,3)16-14-17(27)23(28)22(15-16)33(24-18(29-4)10-8-11-19(24)30-5)25-20(31-6)12-9-13-21(25)32-7/h8-15,28H,27H2,1-7H3. The number of nitrogen functional groups attached to an aromatic ring is 1. The van der Waals surface area contributed by atoms with Gasteiger partial charge < -0.3 is 29.8 Å². The van der Waals surface area contributed by atoms with Gasteiger partial charge in [0.05, 0.1) is 44.7 Å². The van der Waals surface area contributed by atoms with Gasteiger partial charge in [-0.3, -0.25) is 0 Å². The Morgan fingerprint density at radius 1 is 0.727 bits per heavy atom. The molecule has 0 saturated heterocycles. The maximum Gasteiger partial charge on any atom is 0.146 e.